The number of benzene rings is 1. The number of hydrogen-bond donors (Lipinski definition) is 1. The highest BCUT2D eigenvalue weighted by Crippen LogP contribution is 2.13. The Morgan fingerprint density at radius 2 is 2.12 bits per heavy atom. The molecule has 94 valence electrons. The molecular weight excluding hydrogens is 214 g/mol. The number of carbonyl (C=O) groups is 1. The van der Waals surface area contributed by atoms with Crippen LogP contribution < -0.4 is 0 Å². The highest BCUT2D eigenvalue weighted by Gasteiger charge is 2.07. The third kappa shape index (κ3) is 4.19. The summed E-state index contributed by atoms with van der Waals surface area (Å²) in [7, 11) is 2.10. The van der Waals surface area contributed by atoms with Gasteiger partial charge in [0.25, 0.3) is 0 Å². The minimum Gasteiger partial charge on any atom is -0.478 e. The molecule has 0 fully saturated rings. The summed E-state index contributed by atoms with van der Waals surface area (Å²) < 4.78 is 0. The second-order valence-electron chi connectivity index (χ2n) is 4.54. The highest BCUT2D eigenvalue weighted by atomic mass is 16.4. The number of aromatic carboxylic acids is 1. The fourth-order valence-corrected chi connectivity index (χ4v) is 1.80. The summed E-state index contributed by atoms with van der Waals surface area (Å²) in [6.07, 6.45) is 2.39. The largest absolute Gasteiger partial charge is 0.478 e. The van der Waals surface area contributed by atoms with Gasteiger partial charge in [-0.1, -0.05) is 19.4 Å². The summed E-state index contributed by atoms with van der Waals surface area (Å²) in [4.78, 5) is 13.1. The van der Waals surface area contributed by atoms with Crippen molar-refractivity contribution in [1.29, 1.82) is 0 Å². The SMILES string of the molecule is CCCCN(C)Cc1ccc(C(=O)O)cc1C. The van der Waals surface area contributed by atoms with Crippen molar-refractivity contribution in [1.82, 2.24) is 4.90 Å². The van der Waals surface area contributed by atoms with Crippen molar-refractivity contribution in [3.8, 4) is 0 Å². The van der Waals surface area contributed by atoms with E-state index in [0.717, 1.165) is 18.7 Å². The first kappa shape index (κ1) is 13.7. The fraction of sp³-hybridized carbons (Fsp3) is 0.500. The van der Waals surface area contributed by atoms with Gasteiger partial charge in [-0.15, -0.1) is 0 Å². The summed E-state index contributed by atoms with van der Waals surface area (Å²) in [5, 5.41) is 8.89. The van der Waals surface area contributed by atoms with Gasteiger partial charge in [0.1, 0.15) is 0 Å². The third-order valence-corrected chi connectivity index (χ3v) is 2.92. The van der Waals surface area contributed by atoms with Crippen molar-refractivity contribution in [2.45, 2.75) is 33.2 Å². The lowest BCUT2D eigenvalue weighted by atomic mass is 10.0. The predicted molar refractivity (Wildman–Crippen MR) is 69.4 cm³/mol. The zero-order chi connectivity index (χ0) is 12.8. The number of aryl methyl sites for hydroxylation is 1. The van der Waals surface area contributed by atoms with Crippen LogP contribution in [0.5, 0.6) is 0 Å². The van der Waals surface area contributed by atoms with Crippen molar-refractivity contribution < 1.29 is 9.90 Å². The smallest absolute Gasteiger partial charge is 0.335 e. The van der Waals surface area contributed by atoms with Gasteiger partial charge < -0.3 is 10.0 Å². The summed E-state index contributed by atoms with van der Waals surface area (Å²) in [6.45, 7) is 6.11. The molecule has 0 atom stereocenters. The van der Waals surface area contributed by atoms with Crippen molar-refractivity contribution in [2.75, 3.05) is 13.6 Å². The van der Waals surface area contributed by atoms with E-state index in [2.05, 4.69) is 18.9 Å². The Morgan fingerprint density at radius 3 is 2.65 bits per heavy atom. The molecule has 0 bridgehead atoms. The second-order valence-corrected chi connectivity index (χ2v) is 4.54. The molecule has 0 radical (unpaired) electrons. The first-order valence-corrected chi connectivity index (χ1v) is 6.06. The van der Waals surface area contributed by atoms with Gasteiger partial charge in [0.05, 0.1) is 5.56 Å². The maximum atomic E-state index is 10.8. The van der Waals surface area contributed by atoms with Gasteiger partial charge in [-0.05, 0) is 50.2 Å². The lowest BCUT2D eigenvalue weighted by Gasteiger charge is -2.17. The normalized spacial score (nSPS) is 10.8. The molecule has 0 amide bonds. The van der Waals surface area contributed by atoms with Crippen LogP contribution in [-0.4, -0.2) is 29.6 Å². The van der Waals surface area contributed by atoms with Crippen LogP contribution in [0.25, 0.3) is 0 Å². The Bertz CT molecular complexity index is 388. The minimum absolute atomic E-state index is 0.363. The van der Waals surface area contributed by atoms with E-state index in [0.29, 0.717) is 5.56 Å². The van der Waals surface area contributed by atoms with Crippen molar-refractivity contribution >= 4 is 5.97 Å². The molecule has 1 rings (SSSR count). The lowest BCUT2D eigenvalue weighted by Crippen LogP contribution is -2.19. The van der Waals surface area contributed by atoms with Crippen LogP contribution in [0, 0.1) is 6.92 Å². The molecule has 1 aromatic rings. The zero-order valence-electron chi connectivity index (χ0n) is 10.9. The average molecular weight is 235 g/mol. The highest BCUT2D eigenvalue weighted by molar-refractivity contribution is 5.87. The molecule has 1 N–H and O–H groups in total. The minimum atomic E-state index is -0.862. The molecule has 0 unspecified atom stereocenters. The molecule has 0 aromatic heterocycles. The van der Waals surface area contributed by atoms with E-state index in [-0.39, 0.29) is 0 Å². The molecule has 0 saturated carbocycles. The quantitative estimate of drug-likeness (QED) is 0.824. The molecule has 0 saturated heterocycles. The number of carboxylic acid groups (broad SMARTS) is 1. The maximum absolute atomic E-state index is 10.8. The Labute approximate surface area is 103 Å². The Hall–Kier alpha value is -1.35. The standard InChI is InChI=1S/C14H21NO2/c1-4-5-8-15(3)10-13-7-6-12(14(16)17)9-11(13)2/h6-7,9H,4-5,8,10H2,1-3H3,(H,16,17). The van der Waals surface area contributed by atoms with Gasteiger partial charge in [0, 0.05) is 6.54 Å². The monoisotopic (exact) mass is 235 g/mol. The van der Waals surface area contributed by atoms with E-state index >= 15 is 0 Å². The molecule has 0 aliphatic heterocycles. The lowest BCUT2D eigenvalue weighted by molar-refractivity contribution is 0.0697. The van der Waals surface area contributed by atoms with E-state index < -0.39 is 5.97 Å². The van der Waals surface area contributed by atoms with E-state index in [1.807, 2.05) is 13.0 Å². The fourth-order valence-electron chi connectivity index (χ4n) is 1.80. The van der Waals surface area contributed by atoms with Crippen molar-refractivity contribution in [3.63, 3.8) is 0 Å². The molecule has 17 heavy (non-hydrogen) atoms. The van der Waals surface area contributed by atoms with E-state index in [9.17, 15) is 4.79 Å². The first-order chi connectivity index (χ1) is 8.04. The van der Waals surface area contributed by atoms with Crippen LogP contribution in [-0.2, 0) is 6.54 Å². The first-order valence-electron chi connectivity index (χ1n) is 6.06. The predicted octanol–water partition coefficient (Wildman–Crippen LogP) is 2.93. The average Bonchev–Trinajstić information content (AvgIpc) is 2.28. The second kappa shape index (κ2) is 6.40. The molecule has 0 heterocycles. The molecule has 0 aliphatic rings. The van der Waals surface area contributed by atoms with E-state index in [4.69, 9.17) is 5.11 Å². The van der Waals surface area contributed by atoms with E-state index in [1.165, 1.54) is 18.4 Å². The molecule has 0 spiro atoms. The van der Waals surface area contributed by atoms with Crippen LogP contribution in [0.15, 0.2) is 18.2 Å². The van der Waals surface area contributed by atoms with Crippen LogP contribution >= 0.6 is 0 Å². The van der Waals surface area contributed by atoms with Gasteiger partial charge in [-0.3, -0.25) is 0 Å². The maximum Gasteiger partial charge on any atom is 0.335 e. The van der Waals surface area contributed by atoms with Crippen LogP contribution in [0.3, 0.4) is 0 Å². The number of hydrogen-bond acceptors (Lipinski definition) is 2. The molecule has 0 aliphatic carbocycles. The Kier molecular flexibility index (Phi) is 5.16. The van der Waals surface area contributed by atoms with Gasteiger partial charge >= 0.3 is 5.97 Å². The third-order valence-electron chi connectivity index (χ3n) is 2.92. The zero-order valence-corrected chi connectivity index (χ0v) is 10.9. The summed E-state index contributed by atoms with van der Waals surface area (Å²) >= 11 is 0. The van der Waals surface area contributed by atoms with E-state index in [1.54, 1.807) is 12.1 Å². The number of unbranched alkanes of at least 4 members (excludes halogenated alkanes) is 1. The molecule has 1 aromatic carbocycles. The van der Waals surface area contributed by atoms with Crippen LogP contribution in [0.2, 0.25) is 0 Å². The van der Waals surface area contributed by atoms with Crippen LogP contribution in [0.4, 0.5) is 0 Å². The molecule has 3 nitrogen and oxygen atoms in total. The van der Waals surface area contributed by atoms with Crippen molar-refractivity contribution in [3.05, 3.63) is 34.9 Å². The number of carboxylic acids is 1. The summed E-state index contributed by atoms with van der Waals surface area (Å²) in [5.74, 6) is -0.862. The summed E-state index contributed by atoms with van der Waals surface area (Å²) in [5.41, 5.74) is 2.62. The van der Waals surface area contributed by atoms with Gasteiger partial charge in [-0.25, -0.2) is 4.79 Å². The summed E-state index contributed by atoms with van der Waals surface area (Å²) in [6, 6.07) is 5.34. The number of nitrogens with zero attached hydrogens (tertiary/aromatic N) is 1. The van der Waals surface area contributed by atoms with Crippen molar-refractivity contribution in [2.24, 2.45) is 0 Å². The Morgan fingerprint density at radius 1 is 1.41 bits per heavy atom. The topological polar surface area (TPSA) is 40.5 Å². The van der Waals surface area contributed by atoms with Gasteiger partial charge in [0.2, 0.25) is 0 Å². The number of rotatable bonds is 6. The molecule has 3 heteroatoms. The van der Waals surface area contributed by atoms with Crippen LogP contribution in [0.1, 0.15) is 41.3 Å². The Balaban J connectivity index is 2.69. The van der Waals surface area contributed by atoms with Gasteiger partial charge in [-0.2, -0.15) is 0 Å². The van der Waals surface area contributed by atoms with Gasteiger partial charge in [0.15, 0.2) is 0 Å². The molecular formula is C14H21NO2.